The van der Waals surface area contributed by atoms with Crippen molar-refractivity contribution in [1.82, 2.24) is 0 Å². The van der Waals surface area contributed by atoms with Crippen LogP contribution in [0.25, 0.3) is 5.57 Å². The van der Waals surface area contributed by atoms with Crippen LogP contribution in [0.15, 0.2) is 42.0 Å². The molecule has 0 amide bonds. The van der Waals surface area contributed by atoms with Gasteiger partial charge in [0.25, 0.3) is 0 Å². The molecular formula is C13H13Cl. The minimum absolute atomic E-state index is 0.803. The Kier molecular flexibility index (Phi) is 2.74. The van der Waals surface area contributed by atoms with Crippen molar-refractivity contribution >= 4 is 17.2 Å². The summed E-state index contributed by atoms with van der Waals surface area (Å²) in [4.78, 5) is 0. The van der Waals surface area contributed by atoms with Gasteiger partial charge in [0.15, 0.2) is 0 Å². The fourth-order valence-corrected chi connectivity index (χ4v) is 1.77. The van der Waals surface area contributed by atoms with Gasteiger partial charge in [-0.2, -0.15) is 0 Å². The molecule has 0 saturated carbocycles. The first kappa shape index (κ1) is 9.54. The Morgan fingerprint density at radius 3 is 2.29 bits per heavy atom. The molecule has 2 rings (SSSR count). The summed E-state index contributed by atoms with van der Waals surface area (Å²) in [5.74, 6) is 0. The molecule has 0 saturated heterocycles. The minimum atomic E-state index is 0.803. The van der Waals surface area contributed by atoms with Gasteiger partial charge in [0, 0.05) is 5.02 Å². The number of hydrogen-bond donors (Lipinski definition) is 0. The van der Waals surface area contributed by atoms with E-state index in [0.717, 1.165) is 11.4 Å². The van der Waals surface area contributed by atoms with Crippen LogP contribution in [0.4, 0.5) is 0 Å². The van der Waals surface area contributed by atoms with Crippen LogP contribution in [0, 0.1) is 0 Å². The van der Waals surface area contributed by atoms with E-state index in [1.165, 1.54) is 23.1 Å². The monoisotopic (exact) mass is 204 g/mol. The summed E-state index contributed by atoms with van der Waals surface area (Å²) in [5, 5.41) is 0.803. The highest BCUT2D eigenvalue weighted by Gasteiger charge is 2.05. The van der Waals surface area contributed by atoms with Crippen LogP contribution < -0.4 is 0 Å². The van der Waals surface area contributed by atoms with Gasteiger partial charge in [-0.05, 0) is 43.0 Å². The van der Waals surface area contributed by atoms with Crippen LogP contribution in [-0.4, -0.2) is 0 Å². The van der Waals surface area contributed by atoms with Gasteiger partial charge in [-0.1, -0.05) is 41.5 Å². The van der Waals surface area contributed by atoms with E-state index >= 15 is 0 Å². The lowest BCUT2D eigenvalue weighted by Crippen LogP contribution is -1.90. The van der Waals surface area contributed by atoms with Crippen LogP contribution in [0.1, 0.15) is 25.3 Å². The van der Waals surface area contributed by atoms with Crippen molar-refractivity contribution in [3.63, 3.8) is 0 Å². The zero-order chi connectivity index (χ0) is 9.97. The van der Waals surface area contributed by atoms with E-state index in [9.17, 15) is 0 Å². The summed E-state index contributed by atoms with van der Waals surface area (Å²) in [7, 11) is 0. The zero-order valence-electron chi connectivity index (χ0n) is 8.26. The van der Waals surface area contributed by atoms with Crippen LogP contribution in [-0.2, 0) is 0 Å². The highest BCUT2D eigenvalue weighted by Crippen LogP contribution is 2.27. The number of benzene rings is 1. The second-order valence-electron chi connectivity index (χ2n) is 3.71. The Hall–Kier alpha value is -1.01. The molecule has 0 heterocycles. The molecule has 1 aliphatic rings. The Labute approximate surface area is 89.9 Å². The van der Waals surface area contributed by atoms with Crippen molar-refractivity contribution in [1.29, 1.82) is 0 Å². The van der Waals surface area contributed by atoms with Gasteiger partial charge in [-0.15, -0.1) is 0 Å². The molecule has 1 aromatic carbocycles. The van der Waals surface area contributed by atoms with Crippen molar-refractivity contribution in [3.05, 3.63) is 52.6 Å². The van der Waals surface area contributed by atoms with E-state index in [1.807, 2.05) is 12.1 Å². The van der Waals surface area contributed by atoms with Gasteiger partial charge < -0.3 is 0 Å². The van der Waals surface area contributed by atoms with E-state index in [-0.39, 0.29) is 0 Å². The molecule has 0 aromatic heterocycles. The highest BCUT2D eigenvalue weighted by molar-refractivity contribution is 6.30. The molecule has 72 valence electrons. The molecule has 0 aliphatic heterocycles. The SMILES string of the molecule is CC1=CC=C(c2ccc(Cl)cc2)CC1. The normalized spacial score (nSPS) is 16.1. The number of allylic oxidation sites excluding steroid dienone is 4. The quantitative estimate of drug-likeness (QED) is 0.634. The summed E-state index contributed by atoms with van der Waals surface area (Å²) in [6.45, 7) is 2.18. The standard InChI is InChI=1S/C13H13Cl/c1-10-2-4-11(5-3-10)12-6-8-13(14)9-7-12/h2,4,6-9H,3,5H2,1H3. The Bertz CT molecular complexity index is 382. The largest absolute Gasteiger partial charge is 0.0843 e. The molecule has 0 spiro atoms. The Morgan fingerprint density at radius 2 is 1.71 bits per heavy atom. The molecule has 0 nitrogen and oxygen atoms in total. The third-order valence-corrected chi connectivity index (χ3v) is 2.82. The van der Waals surface area contributed by atoms with Crippen LogP contribution in [0.3, 0.4) is 0 Å². The van der Waals surface area contributed by atoms with Gasteiger partial charge in [-0.3, -0.25) is 0 Å². The Morgan fingerprint density at radius 1 is 1.00 bits per heavy atom. The summed E-state index contributed by atoms with van der Waals surface area (Å²) >= 11 is 5.84. The average molecular weight is 205 g/mol. The first-order valence-corrected chi connectivity index (χ1v) is 5.26. The van der Waals surface area contributed by atoms with Crippen molar-refractivity contribution in [2.45, 2.75) is 19.8 Å². The van der Waals surface area contributed by atoms with Crippen molar-refractivity contribution < 1.29 is 0 Å². The molecule has 14 heavy (non-hydrogen) atoms. The van der Waals surface area contributed by atoms with E-state index in [2.05, 4.69) is 31.2 Å². The third-order valence-electron chi connectivity index (χ3n) is 2.57. The van der Waals surface area contributed by atoms with E-state index < -0.39 is 0 Å². The topological polar surface area (TPSA) is 0 Å². The number of hydrogen-bond acceptors (Lipinski definition) is 0. The second kappa shape index (κ2) is 4.02. The molecule has 0 radical (unpaired) electrons. The lowest BCUT2D eigenvalue weighted by atomic mass is 9.94. The van der Waals surface area contributed by atoms with Crippen LogP contribution in [0.5, 0.6) is 0 Å². The average Bonchev–Trinajstić information content (AvgIpc) is 2.21. The predicted octanol–water partition coefficient (Wildman–Crippen LogP) is 4.46. The first-order valence-electron chi connectivity index (χ1n) is 4.88. The van der Waals surface area contributed by atoms with Gasteiger partial charge in [0.05, 0.1) is 0 Å². The molecule has 0 N–H and O–H groups in total. The molecule has 1 aliphatic carbocycles. The predicted molar refractivity (Wildman–Crippen MR) is 62.4 cm³/mol. The van der Waals surface area contributed by atoms with Crippen molar-refractivity contribution in [2.24, 2.45) is 0 Å². The lowest BCUT2D eigenvalue weighted by Gasteiger charge is -2.12. The molecule has 0 bridgehead atoms. The maximum atomic E-state index is 5.84. The fraction of sp³-hybridized carbons (Fsp3) is 0.231. The molecule has 1 heteroatoms. The Balaban J connectivity index is 2.28. The fourth-order valence-electron chi connectivity index (χ4n) is 1.65. The lowest BCUT2D eigenvalue weighted by molar-refractivity contribution is 0.977. The van der Waals surface area contributed by atoms with E-state index in [0.29, 0.717) is 0 Å². The van der Waals surface area contributed by atoms with Gasteiger partial charge >= 0.3 is 0 Å². The van der Waals surface area contributed by atoms with E-state index in [4.69, 9.17) is 11.6 Å². The summed E-state index contributed by atoms with van der Waals surface area (Å²) in [6.07, 6.45) is 6.73. The molecular weight excluding hydrogens is 192 g/mol. The summed E-state index contributed by atoms with van der Waals surface area (Å²) in [5.41, 5.74) is 4.16. The van der Waals surface area contributed by atoms with Crippen molar-refractivity contribution in [2.75, 3.05) is 0 Å². The van der Waals surface area contributed by atoms with Crippen molar-refractivity contribution in [3.8, 4) is 0 Å². The number of rotatable bonds is 1. The third kappa shape index (κ3) is 2.08. The van der Waals surface area contributed by atoms with Gasteiger partial charge in [0.1, 0.15) is 0 Å². The molecule has 0 fully saturated rings. The summed E-state index contributed by atoms with van der Waals surface area (Å²) < 4.78 is 0. The molecule has 0 unspecified atom stereocenters. The highest BCUT2D eigenvalue weighted by atomic mass is 35.5. The summed E-state index contributed by atoms with van der Waals surface area (Å²) in [6, 6.07) is 8.07. The minimum Gasteiger partial charge on any atom is -0.0843 e. The second-order valence-corrected chi connectivity index (χ2v) is 4.15. The van der Waals surface area contributed by atoms with Crippen LogP contribution >= 0.6 is 11.6 Å². The number of halogens is 1. The maximum Gasteiger partial charge on any atom is 0.0406 e. The smallest absolute Gasteiger partial charge is 0.0406 e. The van der Waals surface area contributed by atoms with Gasteiger partial charge in [-0.25, -0.2) is 0 Å². The van der Waals surface area contributed by atoms with Crippen LogP contribution in [0.2, 0.25) is 5.02 Å². The van der Waals surface area contributed by atoms with E-state index in [1.54, 1.807) is 0 Å². The molecule has 0 atom stereocenters. The zero-order valence-corrected chi connectivity index (χ0v) is 9.01. The maximum absolute atomic E-state index is 5.84. The molecule has 1 aromatic rings. The first-order chi connectivity index (χ1) is 6.75. The van der Waals surface area contributed by atoms with Gasteiger partial charge in [0.2, 0.25) is 0 Å².